The molecule has 0 bridgehead atoms. The van der Waals surface area contributed by atoms with E-state index in [0.29, 0.717) is 10.8 Å². The van der Waals surface area contributed by atoms with Gasteiger partial charge in [-0.2, -0.15) is 0 Å². The fourth-order valence-corrected chi connectivity index (χ4v) is 2.72. The smallest absolute Gasteiger partial charge is 0.237 e. The molecule has 0 unspecified atom stereocenters. The van der Waals surface area contributed by atoms with Crippen molar-refractivity contribution in [3.63, 3.8) is 0 Å². The molecular weight excluding hydrogens is 196 g/mol. The summed E-state index contributed by atoms with van der Waals surface area (Å²) in [5.74, 6) is 1.32. The highest BCUT2D eigenvalue weighted by Gasteiger charge is 2.28. The van der Waals surface area contributed by atoms with E-state index in [2.05, 4.69) is 70.1 Å². The largest absolute Gasteiger partial charge is 0.253 e. The minimum absolute atomic E-state index is 0.342. The van der Waals surface area contributed by atoms with Gasteiger partial charge in [0.15, 0.2) is 0 Å². The fraction of sp³-hybridized carbons (Fsp3) is 0.786. The molecular formula is C14H27N2+. The summed E-state index contributed by atoms with van der Waals surface area (Å²) in [5, 5.41) is 0. The van der Waals surface area contributed by atoms with Crippen LogP contribution in [0.3, 0.4) is 0 Å². The van der Waals surface area contributed by atoms with Crippen molar-refractivity contribution in [1.29, 1.82) is 0 Å². The van der Waals surface area contributed by atoms with Gasteiger partial charge in [-0.25, -0.2) is 9.13 Å². The molecule has 0 aromatic carbocycles. The van der Waals surface area contributed by atoms with E-state index >= 15 is 0 Å². The third-order valence-electron chi connectivity index (χ3n) is 3.00. The highest BCUT2D eigenvalue weighted by atomic mass is 15.1. The molecule has 0 fully saturated rings. The summed E-state index contributed by atoms with van der Waals surface area (Å²) in [6.07, 6.45) is 5.55. The first-order valence-corrected chi connectivity index (χ1v) is 6.12. The van der Waals surface area contributed by atoms with E-state index in [1.807, 2.05) is 0 Å². The van der Waals surface area contributed by atoms with E-state index in [1.165, 1.54) is 12.2 Å². The minimum atomic E-state index is 0.342. The SMILES string of the molecule is Cc1n(CC(C)(C)CC(C)(C)C)cc[n+]1C. The van der Waals surface area contributed by atoms with Crippen molar-refractivity contribution in [3.8, 4) is 0 Å². The summed E-state index contributed by atoms with van der Waals surface area (Å²) in [5.41, 5.74) is 0.738. The lowest BCUT2D eigenvalue weighted by Gasteiger charge is -2.31. The first-order valence-electron chi connectivity index (χ1n) is 6.12. The summed E-state index contributed by atoms with van der Waals surface area (Å²) in [4.78, 5) is 0. The molecule has 1 aromatic rings. The molecule has 1 aromatic heterocycles. The van der Waals surface area contributed by atoms with Crippen molar-refractivity contribution < 1.29 is 4.57 Å². The van der Waals surface area contributed by atoms with Crippen molar-refractivity contribution >= 4 is 0 Å². The second-order valence-corrected chi connectivity index (χ2v) is 6.99. The summed E-state index contributed by atoms with van der Waals surface area (Å²) < 4.78 is 4.53. The maximum absolute atomic E-state index is 2.36. The molecule has 2 nitrogen and oxygen atoms in total. The quantitative estimate of drug-likeness (QED) is 0.696. The molecule has 16 heavy (non-hydrogen) atoms. The average molecular weight is 223 g/mol. The van der Waals surface area contributed by atoms with Crippen molar-refractivity contribution in [2.75, 3.05) is 0 Å². The first kappa shape index (κ1) is 13.3. The number of nitrogens with zero attached hydrogens (tertiary/aromatic N) is 2. The highest BCUT2D eigenvalue weighted by molar-refractivity contribution is 4.84. The van der Waals surface area contributed by atoms with Gasteiger partial charge in [-0.05, 0) is 11.8 Å². The Hall–Kier alpha value is -0.790. The van der Waals surface area contributed by atoms with Crippen molar-refractivity contribution in [1.82, 2.24) is 4.57 Å². The van der Waals surface area contributed by atoms with Crippen molar-refractivity contribution in [3.05, 3.63) is 18.2 Å². The van der Waals surface area contributed by atoms with Gasteiger partial charge in [-0.3, -0.25) is 0 Å². The lowest BCUT2D eigenvalue weighted by Crippen LogP contribution is -2.32. The zero-order chi connectivity index (χ0) is 12.6. The Morgan fingerprint density at radius 1 is 1.19 bits per heavy atom. The van der Waals surface area contributed by atoms with Crippen LogP contribution in [-0.4, -0.2) is 4.57 Å². The van der Waals surface area contributed by atoms with Crippen LogP contribution in [0.15, 0.2) is 12.4 Å². The standard InChI is InChI=1S/C14H27N2/c1-12-15(7)8-9-16(12)11-14(5,6)10-13(2,3)4/h8-9H,10-11H2,1-7H3/q+1. The molecule has 0 radical (unpaired) electrons. The second kappa shape index (κ2) is 4.23. The van der Waals surface area contributed by atoms with Gasteiger partial charge in [-0.15, -0.1) is 0 Å². The van der Waals surface area contributed by atoms with Gasteiger partial charge < -0.3 is 0 Å². The van der Waals surface area contributed by atoms with E-state index in [4.69, 9.17) is 0 Å². The molecule has 0 saturated carbocycles. The Kier molecular flexibility index (Phi) is 3.51. The van der Waals surface area contributed by atoms with Gasteiger partial charge >= 0.3 is 0 Å². The molecule has 0 aliphatic rings. The summed E-state index contributed by atoms with van der Waals surface area (Å²) in [7, 11) is 2.10. The number of hydrogen-bond donors (Lipinski definition) is 0. The Morgan fingerprint density at radius 3 is 2.12 bits per heavy atom. The van der Waals surface area contributed by atoms with Crippen LogP contribution >= 0.6 is 0 Å². The molecule has 0 aliphatic carbocycles. The van der Waals surface area contributed by atoms with Gasteiger partial charge in [-0.1, -0.05) is 34.6 Å². The lowest BCUT2D eigenvalue weighted by atomic mass is 9.76. The van der Waals surface area contributed by atoms with Crippen LogP contribution < -0.4 is 4.57 Å². The molecule has 92 valence electrons. The van der Waals surface area contributed by atoms with Crippen LogP contribution in [0.5, 0.6) is 0 Å². The first-order chi connectivity index (χ1) is 7.11. The third-order valence-corrected chi connectivity index (χ3v) is 3.00. The van der Waals surface area contributed by atoms with Gasteiger partial charge in [0.05, 0.1) is 13.6 Å². The Balaban J connectivity index is 2.77. The monoisotopic (exact) mass is 223 g/mol. The molecule has 0 aliphatic heterocycles. The molecule has 2 heteroatoms. The maximum Gasteiger partial charge on any atom is 0.253 e. The molecule has 0 spiro atoms. The summed E-state index contributed by atoms with van der Waals surface area (Å²) >= 11 is 0. The summed E-state index contributed by atoms with van der Waals surface area (Å²) in [6.45, 7) is 14.9. The number of aromatic nitrogens is 2. The normalized spacial score (nSPS) is 13.2. The van der Waals surface area contributed by atoms with Crippen LogP contribution in [0.2, 0.25) is 0 Å². The van der Waals surface area contributed by atoms with Gasteiger partial charge in [0, 0.05) is 12.3 Å². The third kappa shape index (κ3) is 3.66. The average Bonchev–Trinajstić information content (AvgIpc) is 2.30. The number of imidazole rings is 1. The van der Waals surface area contributed by atoms with E-state index in [0.717, 1.165) is 6.54 Å². The summed E-state index contributed by atoms with van der Waals surface area (Å²) in [6, 6.07) is 0. The predicted octanol–water partition coefficient (Wildman–Crippen LogP) is 3.08. The van der Waals surface area contributed by atoms with E-state index in [1.54, 1.807) is 0 Å². The lowest BCUT2D eigenvalue weighted by molar-refractivity contribution is -0.677. The minimum Gasteiger partial charge on any atom is -0.237 e. The second-order valence-electron chi connectivity index (χ2n) is 6.99. The molecule has 1 heterocycles. The van der Waals surface area contributed by atoms with Crippen molar-refractivity contribution in [2.45, 2.75) is 54.5 Å². The Morgan fingerprint density at radius 2 is 1.75 bits per heavy atom. The highest BCUT2D eigenvalue weighted by Crippen LogP contribution is 2.34. The zero-order valence-electron chi connectivity index (χ0n) is 12.0. The molecule has 0 amide bonds. The van der Waals surface area contributed by atoms with Crippen LogP contribution in [0.1, 0.15) is 46.9 Å². The number of hydrogen-bond acceptors (Lipinski definition) is 0. The van der Waals surface area contributed by atoms with E-state index < -0.39 is 0 Å². The topological polar surface area (TPSA) is 8.81 Å². The molecule has 0 saturated heterocycles. The molecule has 1 rings (SSSR count). The zero-order valence-corrected chi connectivity index (χ0v) is 12.0. The van der Waals surface area contributed by atoms with E-state index in [-0.39, 0.29) is 0 Å². The van der Waals surface area contributed by atoms with Crippen molar-refractivity contribution in [2.24, 2.45) is 17.9 Å². The van der Waals surface area contributed by atoms with Crippen LogP contribution in [0.4, 0.5) is 0 Å². The van der Waals surface area contributed by atoms with E-state index in [9.17, 15) is 0 Å². The van der Waals surface area contributed by atoms with Crippen LogP contribution in [0, 0.1) is 17.8 Å². The Labute approximate surface area is 100 Å². The van der Waals surface area contributed by atoms with Crippen LogP contribution in [-0.2, 0) is 13.6 Å². The van der Waals surface area contributed by atoms with Gasteiger partial charge in [0.2, 0.25) is 0 Å². The molecule has 0 N–H and O–H groups in total. The maximum atomic E-state index is 2.36. The fourth-order valence-electron chi connectivity index (χ4n) is 2.72. The number of rotatable bonds is 3. The van der Waals surface area contributed by atoms with Crippen LogP contribution in [0.25, 0.3) is 0 Å². The molecule has 0 atom stereocenters. The Bertz CT molecular complexity index is 353. The number of aryl methyl sites for hydroxylation is 1. The van der Waals surface area contributed by atoms with Gasteiger partial charge in [0.25, 0.3) is 5.82 Å². The predicted molar refractivity (Wildman–Crippen MR) is 68.2 cm³/mol. The van der Waals surface area contributed by atoms with Gasteiger partial charge in [0.1, 0.15) is 12.4 Å².